The molecule has 72 valence electrons. The molecule has 0 bridgehead atoms. The highest BCUT2D eigenvalue weighted by atomic mass is 16.5. The average Bonchev–Trinajstić information content (AvgIpc) is 2.15. The van der Waals surface area contributed by atoms with Crippen LogP contribution in [0.25, 0.3) is 0 Å². The molecule has 1 heterocycles. The van der Waals surface area contributed by atoms with Crippen LogP contribution in [0.3, 0.4) is 0 Å². The van der Waals surface area contributed by atoms with Gasteiger partial charge in [0.15, 0.2) is 5.82 Å². The molecule has 0 aromatic carbocycles. The number of rotatable bonds is 3. The molecule has 4 nitrogen and oxygen atoms in total. The zero-order valence-corrected chi connectivity index (χ0v) is 8.24. The maximum atomic E-state index is 5.62. The van der Waals surface area contributed by atoms with E-state index in [1.807, 2.05) is 13.8 Å². The number of anilines is 1. The van der Waals surface area contributed by atoms with Gasteiger partial charge in [-0.15, -0.1) is 0 Å². The molecule has 0 amide bonds. The lowest BCUT2D eigenvalue weighted by Gasteiger charge is -2.09. The average molecular weight is 181 g/mol. The van der Waals surface area contributed by atoms with Crippen molar-refractivity contribution >= 4 is 5.82 Å². The van der Waals surface area contributed by atoms with E-state index in [9.17, 15) is 0 Å². The Morgan fingerprint density at radius 2 is 2.23 bits per heavy atom. The summed E-state index contributed by atoms with van der Waals surface area (Å²) in [5.41, 5.74) is 6.57. The molecule has 1 atom stereocenters. The zero-order valence-electron chi connectivity index (χ0n) is 8.24. The van der Waals surface area contributed by atoms with E-state index in [2.05, 4.69) is 9.97 Å². The highest BCUT2D eigenvalue weighted by molar-refractivity contribution is 5.30. The number of aryl methyl sites for hydroxylation is 1. The van der Waals surface area contributed by atoms with Crippen LogP contribution in [-0.4, -0.2) is 17.1 Å². The summed E-state index contributed by atoms with van der Waals surface area (Å²) in [6.07, 6.45) is 0.754. The third-order valence-corrected chi connectivity index (χ3v) is 1.90. The SMILES string of the molecule is CCc1cc(N)nc(C(C)OC)n1. The molecule has 1 unspecified atom stereocenters. The van der Waals surface area contributed by atoms with Crippen molar-refractivity contribution in [2.75, 3.05) is 12.8 Å². The first-order chi connectivity index (χ1) is 6.17. The fourth-order valence-corrected chi connectivity index (χ4v) is 1.01. The maximum Gasteiger partial charge on any atom is 0.159 e. The fraction of sp³-hybridized carbons (Fsp3) is 0.556. The molecule has 1 rings (SSSR count). The highest BCUT2D eigenvalue weighted by Gasteiger charge is 2.08. The number of hydrogen-bond donors (Lipinski definition) is 1. The number of ether oxygens (including phenoxy) is 1. The summed E-state index contributed by atoms with van der Waals surface area (Å²) < 4.78 is 5.11. The molecule has 4 heteroatoms. The van der Waals surface area contributed by atoms with Crippen LogP contribution in [0.1, 0.15) is 31.5 Å². The summed E-state index contributed by atoms with van der Waals surface area (Å²) in [5, 5.41) is 0. The van der Waals surface area contributed by atoms with Gasteiger partial charge in [0.1, 0.15) is 11.9 Å². The second kappa shape index (κ2) is 4.18. The second-order valence-corrected chi connectivity index (χ2v) is 2.87. The van der Waals surface area contributed by atoms with Gasteiger partial charge in [0.2, 0.25) is 0 Å². The molecule has 0 saturated heterocycles. The van der Waals surface area contributed by atoms with Gasteiger partial charge in [-0.3, -0.25) is 0 Å². The van der Waals surface area contributed by atoms with Gasteiger partial charge in [0, 0.05) is 18.9 Å². The lowest BCUT2D eigenvalue weighted by atomic mass is 10.3. The van der Waals surface area contributed by atoms with E-state index in [0.29, 0.717) is 11.6 Å². The Morgan fingerprint density at radius 1 is 1.54 bits per heavy atom. The number of methoxy groups -OCH3 is 1. The molecule has 13 heavy (non-hydrogen) atoms. The minimum Gasteiger partial charge on any atom is -0.384 e. The van der Waals surface area contributed by atoms with Gasteiger partial charge >= 0.3 is 0 Å². The predicted molar refractivity (Wildman–Crippen MR) is 51.2 cm³/mol. The van der Waals surface area contributed by atoms with Gasteiger partial charge in [0.05, 0.1) is 0 Å². The van der Waals surface area contributed by atoms with Crippen molar-refractivity contribution in [2.45, 2.75) is 26.4 Å². The second-order valence-electron chi connectivity index (χ2n) is 2.87. The first-order valence-corrected chi connectivity index (χ1v) is 4.33. The highest BCUT2D eigenvalue weighted by Crippen LogP contribution is 2.13. The number of hydrogen-bond acceptors (Lipinski definition) is 4. The number of nitrogen functional groups attached to an aromatic ring is 1. The molecule has 1 aromatic rings. The first-order valence-electron chi connectivity index (χ1n) is 4.33. The predicted octanol–water partition coefficient (Wildman–Crippen LogP) is 1.33. The van der Waals surface area contributed by atoms with E-state index in [1.54, 1.807) is 13.2 Å². The smallest absolute Gasteiger partial charge is 0.159 e. The van der Waals surface area contributed by atoms with Gasteiger partial charge in [-0.2, -0.15) is 0 Å². The van der Waals surface area contributed by atoms with Crippen LogP contribution in [0.2, 0.25) is 0 Å². The molecule has 2 N–H and O–H groups in total. The summed E-state index contributed by atoms with van der Waals surface area (Å²) in [5.74, 6) is 1.16. The van der Waals surface area contributed by atoms with Crippen LogP contribution in [0.5, 0.6) is 0 Å². The lowest BCUT2D eigenvalue weighted by Crippen LogP contribution is -2.07. The van der Waals surface area contributed by atoms with Crippen molar-refractivity contribution in [3.05, 3.63) is 17.6 Å². The standard InChI is InChI=1S/C9H15N3O/c1-4-7-5-8(10)12-9(11-7)6(2)13-3/h5-6H,4H2,1-3H3,(H2,10,11,12). The number of nitrogens with two attached hydrogens (primary N) is 1. The summed E-state index contributed by atoms with van der Waals surface area (Å²) in [7, 11) is 1.63. The molecule has 0 radical (unpaired) electrons. The third-order valence-electron chi connectivity index (χ3n) is 1.90. The molecule has 0 saturated carbocycles. The van der Waals surface area contributed by atoms with Crippen LogP contribution in [-0.2, 0) is 11.2 Å². The molecule has 0 aliphatic heterocycles. The van der Waals surface area contributed by atoms with Crippen LogP contribution >= 0.6 is 0 Å². The van der Waals surface area contributed by atoms with Gasteiger partial charge < -0.3 is 10.5 Å². The van der Waals surface area contributed by atoms with E-state index in [1.165, 1.54) is 0 Å². The Labute approximate surface area is 78.1 Å². The minimum absolute atomic E-state index is 0.103. The van der Waals surface area contributed by atoms with Crippen molar-refractivity contribution in [3.63, 3.8) is 0 Å². The van der Waals surface area contributed by atoms with E-state index < -0.39 is 0 Å². The van der Waals surface area contributed by atoms with Crippen molar-refractivity contribution in [1.29, 1.82) is 0 Å². The summed E-state index contributed by atoms with van der Waals surface area (Å²) in [6, 6.07) is 1.78. The lowest BCUT2D eigenvalue weighted by molar-refractivity contribution is 0.112. The quantitative estimate of drug-likeness (QED) is 0.764. The number of nitrogens with zero attached hydrogens (tertiary/aromatic N) is 2. The van der Waals surface area contributed by atoms with E-state index in [4.69, 9.17) is 10.5 Å². The fourth-order valence-electron chi connectivity index (χ4n) is 1.01. The van der Waals surface area contributed by atoms with Crippen LogP contribution < -0.4 is 5.73 Å². The van der Waals surface area contributed by atoms with Gasteiger partial charge in [-0.05, 0) is 13.3 Å². The maximum absolute atomic E-state index is 5.62. The van der Waals surface area contributed by atoms with Crippen molar-refractivity contribution in [2.24, 2.45) is 0 Å². The van der Waals surface area contributed by atoms with Crippen molar-refractivity contribution in [1.82, 2.24) is 9.97 Å². The third kappa shape index (κ3) is 2.39. The first kappa shape index (κ1) is 9.92. The summed E-state index contributed by atoms with van der Waals surface area (Å²) in [4.78, 5) is 8.40. The molecular formula is C9H15N3O. The van der Waals surface area contributed by atoms with Crippen molar-refractivity contribution < 1.29 is 4.74 Å². The Morgan fingerprint density at radius 3 is 2.77 bits per heavy atom. The molecule has 0 aliphatic rings. The van der Waals surface area contributed by atoms with E-state index >= 15 is 0 Å². The topological polar surface area (TPSA) is 61.0 Å². The number of aromatic nitrogens is 2. The van der Waals surface area contributed by atoms with Crippen LogP contribution in [0.15, 0.2) is 6.07 Å². The van der Waals surface area contributed by atoms with Crippen LogP contribution in [0.4, 0.5) is 5.82 Å². The Kier molecular flexibility index (Phi) is 3.19. The van der Waals surface area contributed by atoms with Gasteiger partial charge in [-0.1, -0.05) is 6.92 Å². The molecule has 1 aromatic heterocycles. The molecule has 0 aliphatic carbocycles. The normalized spacial score (nSPS) is 12.8. The Hall–Kier alpha value is -1.16. The van der Waals surface area contributed by atoms with E-state index in [-0.39, 0.29) is 6.10 Å². The van der Waals surface area contributed by atoms with Crippen LogP contribution in [0, 0.1) is 0 Å². The van der Waals surface area contributed by atoms with E-state index in [0.717, 1.165) is 12.1 Å². The zero-order chi connectivity index (χ0) is 9.84. The largest absolute Gasteiger partial charge is 0.384 e. The van der Waals surface area contributed by atoms with Gasteiger partial charge in [0.25, 0.3) is 0 Å². The molecule has 0 fully saturated rings. The molecule has 0 spiro atoms. The monoisotopic (exact) mass is 181 g/mol. The minimum atomic E-state index is -0.103. The Balaban J connectivity index is 3.01. The van der Waals surface area contributed by atoms with Gasteiger partial charge in [-0.25, -0.2) is 9.97 Å². The van der Waals surface area contributed by atoms with Crippen molar-refractivity contribution in [3.8, 4) is 0 Å². The summed E-state index contributed by atoms with van der Waals surface area (Å²) in [6.45, 7) is 3.93. The Bertz CT molecular complexity index is 288. The molecular weight excluding hydrogens is 166 g/mol. The summed E-state index contributed by atoms with van der Waals surface area (Å²) >= 11 is 0.